The summed E-state index contributed by atoms with van der Waals surface area (Å²) in [5.41, 5.74) is -0.884. The molecule has 0 saturated heterocycles. The molecular weight excluding hydrogens is 367 g/mol. The van der Waals surface area contributed by atoms with Gasteiger partial charge < -0.3 is 10.1 Å². The molecule has 0 aromatic heterocycles. The molecule has 0 aliphatic rings. The average molecular weight is 383 g/mol. The molecule has 8 heteroatoms. The predicted octanol–water partition coefficient (Wildman–Crippen LogP) is 4.37. The van der Waals surface area contributed by atoms with Crippen LogP contribution in [0.15, 0.2) is 59.5 Å². The van der Waals surface area contributed by atoms with Crippen LogP contribution in [0.4, 0.5) is 18.9 Å². The van der Waals surface area contributed by atoms with Crippen LogP contribution in [0.1, 0.15) is 12.0 Å². The van der Waals surface area contributed by atoms with Crippen molar-refractivity contribution >= 4 is 29.3 Å². The van der Waals surface area contributed by atoms with Crippen LogP contribution in [0.25, 0.3) is 0 Å². The second kappa shape index (κ2) is 9.28. The number of hydrogen-bond acceptors (Lipinski definition) is 4. The van der Waals surface area contributed by atoms with E-state index >= 15 is 0 Å². The number of benzene rings is 2. The van der Waals surface area contributed by atoms with Crippen LogP contribution in [0.5, 0.6) is 0 Å². The summed E-state index contributed by atoms with van der Waals surface area (Å²) in [7, 11) is 0. The van der Waals surface area contributed by atoms with Gasteiger partial charge in [0.05, 0.1) is 12.0 Å². The quantitative estimate of drug-likeness (QED) is 0.570. The van der Waals surface area contributed by atoms with Gasteiger partial charge in [-0.1, -0.05) is 24.3 Å². The zero-order chi connectivity index (χ0) is 19.0. The number of nitrogens with one attached hydrogen (secondary N) is 1. The fourth-order valence-electron chi connectivity index (χ4n) is 1.96. The highest BCUT2D eigenvalue weighted by atomic mass is 32.2. The lowest BCUT2D eigenvalue weighted by Gasteiger charge is -2.10. The molecule has 26 heavy (non-hydrogen) atoms. The average Bonchev–Trinajstić information content (AvgIpc) is 2.60. The lowest BCUT2D eigenvalue weighted by atomic mass is 10.2. The Kier molecular flexibility index (Phi) is 7.08. The number of carbonyl (C=O) groups excluding carboxylic acids is 2. The van der Waals surface area contributed by atoms with Gasteiger partial charge in [0.1, 0.15) is 0 Å². The molecule has 0 radical (unpaired) electrons. The van der Waals surface area contributed by atoms with Crippen LogP contribution in [0.3, 0.4) is 0 Å². The topological polar surface area (TPSA) is 55.4 Å². The van der Waals surface area contributed by atoms with E-state index in [1.54, 1.807) is 0 Å². The Morgan fingerprint density at radius 1 is 1.04 bits per heavy atom. The second-order valence-electron chi connectivity index (χ2n) is 5.20. The minimum Gasteiger partial charge on any atom is -0.456 e. The number of ether oxygens (including phenoxy) is 1. The Labute approximate surface area is 152 Å². The Morgan fingerprint density at radius 3 is 2.46 bits per heavy atom. The summed E-state index contributed by atoms with van der Waals surface area (Å²) in [5, 5.41) is 2.27. The Hall–Kier alpha value is -2.48. The van der Waals surface area contributed by atoms with Gasteiger partial charge in [0.25, 0.3) is 5.91 Å². The van der Waals surface area contributed by atoms with E-state index in [1.807, 2.05) is 30.3 Å². The molecule has 0 saturated carbocycles. The molecular formula is C18H16F3NO3S. The molecule has 1 amide bonds. The van der Waals surface area contributed by atoms with Gasteiger partial charge in [0.15, 0.2) is 6.61 Å². The number of alkyl halides is 3. The normalized spacial score (nSPS) is 11.0. The molecule has 0 fully saturated rings. The van der Waals surface area contributed by atoms with Crippen LogP contribution in [0, 0.1) is 0 Å². The maximum Gasteiger partial charge on any atom is 0.416 e. The number of rotatable bonds is 7. The van der Waals surface area contributed by atoms with Crippen molar-refractivity contribution in [1.29, 1.82) is 0 Å². The number of hydrogen-bond donors (Lipinski definition) is 1. The highest BCUT2D eigenvalue weighted by molar-refractivity contribution is 7.99. The minimum atomic E-state index is -4.50. The Morgan fingerprint density at radius 2 is 1.77 bits per heavy atom. The van der Waals surface area contributed by atoms with E-state index in [0.29, 0.717) is 5.75 Å². The molecule has 0 bridgehead atoms. The third-order valence-corrected chi connectivity index (χ3v) is 4.17. The van der Waals surface area contributed by atoms with Crippen LogP contribution in [-0.2, 0) is 20.5 Å². The molecule has 0 heterocycles. The monoisotopic (exact) mass is 383 g/mol. The van der Waals surface area contributed by atoms with Gasteiger partial charge in [-0.2, -0.15) is 13.2 Å². The van der Waals surface area contributed by atoms with Gasteiger partial charge >= 0.3 is 12.1 Å². The molecule has 0 aliphatic carbocycles. The summed E-state index contributed by atoms with van der Waals surface area (Å²) in [4.78, 5) is 24.3. The highest BCUT2D eigenvalue weighted by Gasteiger charge is 2.30. The maximum atomic E-state index is 12.6. The number of carbonyl (C=O) groups is 2. The third-order valence-electron chi connectivity index (χ3n) is 3.16. The van der Waals surface area contributed by atoms with E-state index in [-0.39, 0.29) is 12.1 Å². The fourth-order valence-corrected chi connectivity index (χ4v) is 2.81. The van der Waals surface area contributed by atoms with Crippen LogP contribution in [-0.4, -0.2) is 24.2 Å². The van der Waals surface area contributed by atoms with Crippen molar-refractivity contribution in [3.05, 3.63) is 60.2 Å². The second-order valence-corrected chi connectivity index (χ2v) is 6.37. The summed E-state index contributed by atoms with van der Waals surface area (Å²) < 4.78 is 42.7. The molecule has 2 rings (SSSR count). The summed E-state index contributed by atoms with van der Waals surface area (Å²) in [6, 6.07) is 13.7. The fraction of sp³-hybridized carbons (Fsp3) is 0.222. The molecule has 0 unspecified atom stereocenters. The van der Waals surface area contributed by atoms with Crippen molar-refractivity contribution in [2.45, 2.75) is 17.5 Å². The molecule has 0 atom stereocenters. The largest absolute Gasteiger partial charge is 0.456 e. The van der Waals surface area contributed by atoms with Gasteiger partial charge in [-0.25, -0.2) is 0 Å². The lowest BCUT2D eigenvalue weighted by Crippen LogP contribution is -2.21. The van der Waals surface area contributed by atoms with Crippen molar-refractivity contribution in [2.24, 2.45) is 0 Å². The van der Waals surface area contributed by atoms with Crippen molar-refractivity contribution in [1.82, 2.24) is 0 Å². The molecule has 2 aromatic carbocycles. The highest BCUT2D eigenvalue weighted by Crippen LogP contribution is 2.30. The predicted molar refractivity (Wildman–Crippen MR) is 92.8 cm³/mol. The van der Waals surface area contributed by atoms with E-state index < -0.39 is 30.2 Å². The Bertz CT molecular complexity index is 751. The SMILES string of the molecule is O=C(COC(=O)CCSc1ccccc1)Nc1cccc(C(F)(F)F)c1. The van der Waals surface area contributed by atoms with Gasteiger partial charge in [0.2, 0.25) is 0 Å². The number of esters is 1. The van der Waals surface area contributed by atoms with Crippen LogP contribution >= 0.6 is 11.8 Å². The molecule has 138 valence electrons. The molecule has 4 nitrogen and oxygen atoms in total. The van der Waals surface area contributed by atoms with E-state index in [1.165, 1.54) is 23.9 Å². The standard InChI is InChI=1S/C18H16F3NO3S/c19-18(20,21)13-5-4-6-14(11-13)22-16(23)12-25-17(24)9-10-26-15-7-2-1-3-8-15/h1-8,11H,9-10,12H2,(H,22,23). The third kappa shape index (κ3) is 6.79. The first-order valence-electron chi connectivity index (χ1n) is 7.65. The number of anilines is 1. The van der Waals surface area contributed by atoms with Crippen LogP contribution in [0.2, 0.25) is 0 Å². The van der Waals surface area contributed by atoms with Crippen molar-refractivity contribution in [3.8, 4) is 0 Å². The summed E-state index contributed by atoms with van der Waals surface area (Å²) >= 11 is 1.48. The van der Waals surface area contributed by atoms with Crippen molar-refractivity contribution < 1.29 is 27.5 Å². The number of halogens is 3. The minimum absolute atomic E-state index is 0.0134. The van der Waals surface area contributed by atoms with Crippen molar-refractivity contribution in [3.63, 3.8) is 0 Å². The first-order chi connectivity index (χ1) is 12.3. The summed E-state index contributed by atoms with van der Waals surface area (Å²) in [6.45, 7) is -0.551. The van der Waals surface area contributed by atoms with Gasteiger partial charge in [-0.05, 0) is 30.3 Å². The molecule has 0 aliphatic heterocycles. The van der Waals surface area contributed by atoms with E-state index in [4.69, 9.17) is 4.74 Å². The van der Waals surface area contributed by atoms with Gasteiger partial charge in [0, 0.05) is 16.3 Å². The zero-order valence-electron chi connectivity index (χ0n) is 13.6. The first-order valence-corrected chi connectivity index (χ1v) is 8.64. The molecule has 0 spiro atoms. The number of amides is 1. The summed E-state index contributed by atoms with van der Waals surface area (Å²) in [6.07, 6.45) is -4.37. The van der Waals surface area contributed by atoms with Gasteiger partial charge in [-0.3, -0.25) is 9.59 Å². The first kappa shape index (κ1) is 19.8. The van der Waals surface area contributed by atoms with E-state index in [2.05, 4.69) is 5.32 Å². The zero-order valence-corrected chi connectivity index (χ0v) is 14.4. The molecule has 1 N–H and O–H groups in total. The smallest absolute Gasteiger partial charge is 0.416 e. The Balaban J connectivity index is 1.72. The maximum absolute atomic E-state index is 12.6. The van der Waals surface area contributed by atoms with E-state index in [9.17, 15) is 22.8 Å². The molecule has 2 aromatic rings. The van der Waals surface area contributed by atoms with Crippen LogP contribution < -0.4 is 5.32 Å². The summed E-state index contributed by atoms with van der Waals surface area (Å²) in [5.74, 6) is -0.751. The lowest BCUT2D eigenvalue weighted by molar-refractivity contribution is -0.146. The number of thioether (sulfide) groups is 1. The van der Waals surface area contributed by atoms with Crippen molar-refractivity contribution in [2.75, 3.05) is 17.7 Å². The van der Waals surface area contributed by atoms with E-state index in [0.717, 1.165) is 17.0 Å². The van der Waals surface area contributed by atoms with Gasteiger partial charge in [-0.15, -0.1) is 11.8 Å².